The zero-order valence-electron chi connectivity index (χ0n) is 7.72. The van der Waals surface area contributed by atoms with Crippen LogP contribution in [0.2, 0.25) is 5.02 Å². The highest BCUT2D eigenvalue weighted by atomic mass is 79.9. The maximum Gasteiger partial charge on any atom is 0.0491 e. The molecule has 0 radical (unpaired) electrons. The lowest BCUT2D eigenvalue weighted by molar-refractivity contribution is 1.47. The number of nitrogens with one attached hydrogen (secondary N) is 1. The first kappa shape index (κ1) is 9.25. The Morgan fingerprint density at radius 3 is 2.80 bits per heavy atom. The second-order valence-electron chi connectivity index (χ2n) is 3.46. The van der Waals surface area contributed by atoms with Crippen LogP contribution in [0.5, 0.6) is 0 Å². The van der Waals surface area contributed by atoms with Crippen molar-refractivity contribution < 1.29 is 0 Å². The first-order valence-electron chi connectivity index (χ1n) is 4.61. The van der Waals surface area contributed by atoms with E-state index >= 15 is 0 Å². The van der Waals surface area contributed by atoms with E-state index in [4.69, 9.17) is 11.6 Å². The molecule has 0 saturated heterocycles. The molecule has 0 unspecified atom stereocenters. The van der Waals surface area contributed by atoms with Gasteiger partial charge >= 0.3 is 0 Å². The van der Waals surface area contributed by atoms with Gasteiger partial charge in [0.25, 0.3) is 0 Å². The molecule has 3 rings (SSSR count). The second-order valence-corrected chi connectivity index (χ2v) is 4.72. The normalized spacial score (nSPS) is 11.3. The molecule has 0 bridgehead atoms. The van der Waals surface area contributed by atoms with Crippen LogP contribution in [0.1, 0.15) is 0 Å². The molecule has 0 saturated carbocycles. The molecule has 15 heavy (non-hydrogen) atoms. The minimum Gasteiger partial charge on any atom is -0.360 e. The van der Waals surface area contributed by atoms with Gasteiger partial charge in [-0.2, -0.15) is 0 Å². The molecule has 3 heteroatoms. The molecule has 0 aliphatic heterocycles. The Hall–Kier alpha value is -0.990. The van der Waals surface area contributed by atoms with Crippen molar-refractivity contribution in [3.8, 4) is 0 Å². The van der Waals surface area contributed by atoms with Crippen LogP contribution >= 0.6 is 27.5 Å². The minimum atomic E-state index is 0.790. The molecule has 0 aliphatic rings. The summed E-state index contributed by atoms with van der Waals surface area (Å²) in [6.07, 6.45) is 1.94. The lowest BCUT2D eigenvalue weighted by Crippen LogP contribution is -1.76. The molecule has 0 amide bonds. The lowest BCUT2D eigenvalue weighted by atomic mass is 10.1. The van der Waals surface area contributed by atoms with E-state index in [1.54, 1.807) is 0 Å². The van der Waals surface area contributed by atoms with E-state index in [9.17, 15) is 0 Å². The van der Waals surface area contributed by atoms with Crippen LogP contribution in [-0.4, -0.2) is 4.98 Å². The Bertz CT molecular complexity index is 657. The van der Waals surface area contributed by atoms with Gasteiger partial charge in [-0.15, -0.1) is 0 Å². The van der Waals surface area contributed by atoms with Crippen molar-refractivity contribution in [1.29, 1.82) is 0 Å². The number of hydrogen-bond donors (Lipinski definition) is 1. The zero-order valence-corrected chi connectivity index (χ0v) is 10.1. The highest BCUT2D eigenvalue weighted by Gasteiger charge is 2.08. The summed E-state index contributed by atoms with van der Waals surface area (Å²) < 4.78 is 1.05. The molecule has 0 fully saturated rings. The van der Waals surface area contributed by atoms with Crippen LogP contribution in [0.3, 0.4) is 0 Å². The predicted molar refractivity (Wildman–Crippen MR) is 68.5 cm³/mol. The first-order valence-corrected chi connectivity index (χ1v) is 5.78. The number of hydrogen-bond acceptors (Lipinski definition) is 0. The van der Waals surface area contributed by atoms with Crippen molar-refractivity contribution in [3.63, 3.8) is 0 Å². The fraction of sp³-hybridized carbons (Fsp3) is 0. The molecular formula is C12H7BrClN. The number of rotatable bonds is 0. The average molecular weight is 281 g/mol. The zero-order chi connectivity index (χ0) is 10.4. The van der Waals surface area contributed by atoms with Gasteiger partial charge in [0, 0.05) is 32.0 Å². The van der Waals surface area contributed by atoms with E-state index in [2.05, 4.69) is 39.1 Å². The summed E-state index contributed by atoms with van der Waals surface area (Å²) in [5, 5.41) is 4.21. The number of fused-ring (bicyclic) bond motifs is 3. The molecule has 2 aromatic carbocycles. The molecule has 0 aliphatic carbocycles. The SMILES string of the molecule is Clc1cccc2ccc3[nH]cc(Br)c3c12. The molecule has 3 aromatic rings. The first-order chi connectivity index (χ1) is 7.27. The minimum absolute atomic E-state index is 0.790. The molecule has 1 N–H and O–H groups in total. The number of halogens is 2. The second kappa shape index (κ2) is 3.26. The molecule has 74 valence electrons. The summed E-state index contributed by atoms with van der Waals surface area (Å²) in [6, 6.07) is 10.1. The maximum absolute atomic E-state index is 6.23. The van der Waals surface area contributed by atoms with E-state index in [-0.39, 0.29) is 0 Å². The summed E-state index contributed by atoms with van der Waals surface area (Å²) in [6.45, 7) is 0. The Morgan fingerprint density at radius 1 is 1.07 bits per heavy atom. The maximum atomic E-state index is 6.23. The van der Waals surface area contributed by atoms with Crippen LogP contribution in [0.4, 0.5) is 0 Å². The van der Waals surface area contributed by atoms with Crippen LogP contribution in [0, 0.1) is 0 Å². The number of aromatic nitrogens is 1. The lowest BCUT2D eigenvalue weighted by Gasteiger charge is -2.02. The summed E-state index contributed by atoms with van der Waals surface area (Å²) in [5.74, 6) is 0. The molecule has 1 aromatic heterocycles. The summed E-state index contributed by atoms with van der Waals surface area (Å²) in [7, 11) is 0. The van der Waals surface area contributed by atoms with Gasteiger partial charge < -0.3 is 4.98 Å². The quantitative estimate of drug-likeness (QED) is 0.612. The van der Waals surface area contributed by atoms with Crippen LogP contribution in [0.15, 0.2) is 41.0 Å². The van der Waals surface area contributed by atoms with Crippen molar-refractivity contribution in [2.45, 2.75) is 0 Å². The van der Waals surface area contributed by atoms with Gasteiger partial charge in [-0.05, 0) is 33.4 Å². The third-order valence-corrected chi connectivity index (χ3v) is 3.53. The van der Waals surface area contributed by atoms with Crippen LogP contribution in [-0.2, 0) is 0 Å². The third kappa shape index (κ3) is 1.29. The van der Waals surface area contributed by atoms with Gasteiger partial charge in [0.1, 0.15) is 0 Å². The highest BCUT2D eigenvalue weighted by molar-refractivity contribution is 9.10. The Labute approximate surface area is 100 Å². The number of benzene rings is 2. The van der Waals surface area contributed by atoms with Crippen LogP contribution in [0.25, 0.3) is 21.7 Å². The van der Waals surface area contributed by atoms with Gasteiger partial charge in [-0.1, -0.05) is 29.8 Å². The summed E-state index contributed by atoms with van der Waals surface area (Å²) in [5.41, 5.74) is 1.10. The monoisotopic (exact) mass is 279 g/mol. The Morgan fingerprint density at radius 2 is 1.93 bits per heavy atom. The van der Waals surface area contributed by atoms with Crippen molar-refractivity contribution in [1.82, 2.24) is 4.98 Å². The van der Waals surface area contributed by atoms with E-state index in [1.807, 2.05) is 18.3 Å². The van der Waals surface area contributed by atoms with Gasteiger partial charge in [0.15, 0.2) is 0 Å². The fourth-order valence-corrected chi connectivity index (χ4v) is 2.72. The summed E-state index contributed by atoms with van der Waals surface area (Å²) >= 11 is 9.76. The van der Waals surface area contributed by atoms with E-state index in [1.165, 1.54) is 0 Å². The number of aromatic amines is 1. The van der Waals surface area contributed by atoms with E-state index in [0.29, 0.717) is 0 Å². The Balaban J connectivity index is 2.68. The average Bonchev–Trinajstić information content (AvgIpc) is 2.61. The molecular weight excluding hydrogens is 273 g/mol. The van der Waals surface area contributed by atoms with Crippen LogP contribution < -0.4 is 0 Å². The summed E-state index contributed by atoms with van der Waals surface area (Å²) in [4.78, 5) is 3.20. The molecule has 0 spiro atoms. The number of H-pyrrole nitrogens is 1. The van der Waals surface area contributed by atoms with Gasteiger partial charge in [0.2, 0.25) is 0 Å². The molecule has 1 nitrogen and oxygen atoms in total. The molecule has 0 atom stereocenters. The van der Waals surface area contributed by atoms with Gasteiger partial charge in [-0.3, -0.25) is 0 Å². The largest absolute Gasteiger partial charge is 0.360 e. The van der Waals surface area contributed by atoms with E-state index < -0.39 is 0 Å². The van der Waals surface area contributed by atoms with Crippen molar-refractivity contribution in [2.75, 3.05) is 0 Å². The van der Waals surface area contributed by atoms with Crippen molar-refractivity contribution in [3.05, 3.63) is 46.0 Å². The standard InChI is InChI=1S/C12H7BrClN/c13-8-6-15-10-5-4-7-2-1-3-9(14)11(7)12(8)10/h1-6,15H. The topological polar surface area (TPSA) is 15.8 Å². The highest BCUT2D eigenvalue weighted by Crippen LogP contribution is 2.35. The van der Waals surface area contributed by atoms with Crippen molar-refractivity contribution in [2.24, 2.45) is 0 Å². The smallest absolute Gasteiger partial charge is 0.0491 e. The predicted octanol–water partition coefficient (Wildman–Crippen LogP) is 4.74. The van der Waals surface area contributed by atoms with Gasteiger partial charge in [0.05, 0.1) is 0 Å². The Kier molecular flexibility index (Phi) is 2.01. The fourth-order valence-electron chi connectivity index (χ4n) is 1.92. The van der Waals surface area contributed by atoms with Gasteiger partial charge in [-0.25, -0.2) is 0 Å². The van der Waals surface area contributed by atoms with Crippen molar-refractivity contribution >= 4 is 49.2 Å². The molecule has 1 heterocycles. The third-order valence-electron chi connectivity index (χ3n) is 2.59. The van der Waals surface area contributed by atoms with E-state index in [0.717, 1.165) is 31.2 Å².